The van der Waals surface area contributed by atoms with Crippen LogP contribution in [0.25, 0.3) is 11.1 Å². The fourth-order valence-electron chi connectivity index (χ4n) is 3.29. The minimum Gasteiger partial charge on any atom is -0.511 e. The average molecular weight is 334 g/mol. The van der Waals surface area contributed by atoms with Crippen molar-refractivity contribution in [3.63, 3.8) is 0 Å². The van der Waals surface area contributed by atoms with Gasteiger partial charge in [0.1, 0.15) is 5.76 Å². The number of aryl methyl sites for hydroxylation is 1. The van der Waals surface area contributed by atoms with Crippen LogP contribution in [-0.4, -0.2) is 17.7 Å². The maximum atomic E-state index is 12.3. The van der Waals surface area contributed by atoms with Crippen molar-refractivity contribution in [3.8, 4) is 11.1 Å². The third kappa shape index (κ3) is 3.50. The van der Waals surface area contributed by atoms with Gasteiger partial charge in [0.25, 0.3) is 0 Å². The molecular weight excluding hydrogens is 312 g/mol. The van der Waals surface area contributed by atoms with E-state index in [1.807, 2.05) is 30.3 Å². The predicted octanol–water partition coefficient (Wildman–Crippen LogP) is 4.77. The van der Waals surface area contributed by atoms with E-state index in [1.54, 1.807) is 6.92 Å². The van der Waals surface area contributed by atoms with Crippen molar-refractivity contribution in [2.24, 2.45) is 0 Å². The van der Waals surface area contributed by atoms with E-state index in [0.29, 0.717) is 12.0 Å². The van der Waals surface area contributed by atoms with E-state index in [4.69, 9.17) is 4.74 Å². The Labute approximate surface area is 148 Å². The minimum atomic E-state index is -0.503. The molecule has 3 heteroatoms. The van der Waals surface area contributed by atoms with Gasteiger partial charge in [-0.15, -0.1) is 0 Å². The highest BCUT2D eigenvalue weighted by atomic mass is 16.5. The molecule has 0 unspecified atom stereocenters. The lowest BCUT2D eigenvalue weighted by atomic mass is 9.87. The highest BCUT2D eigenvalue weighted by Gasteiger charge is 2.22. The standard InChI is InChI=1S/C22H22O3/c1-3-25-22(24)21-15(2)12-13-16-8-4-6-10-18(16)19-11-7-5-9-17(19)14-20(21)23/h4-11,23H,2-3,12-14H2,1H3/b21-20-. The van der Waals surface area contributed by atoms with E-state index < -0.39 is 5.97 Å². The summed E-state index contributed by atoms with van der Waals surface area (Å²) in [5, 5.41) is 10.7. The number of aliphatic hydroxyl groups is 1. The molecule has 2 aromatic carbocycles. The first-order valence-electron chi connectivity index (χ1n) is 8.55. The van der Waals surface area contributed by atoms with Crippen LogP contribution in [0.2, 0.25) is 0 Å². The molecule has 0 heterocycles. The van der Waals surface area contributed by atoms with Gasteiger partial charge < -0.3 is 9.84 Å². The molecule has 3 nitrogen and oxygen atoms in total. The van der Waals surface area contributed by atoms with Gasteiger partial charge >= 0.3 is 5.97 Å². The van der Waals surface area contributed by atoms with Crippen LogP contribution >= 0.6 is 0 Å². The molecule has 128 valence electrons. The second kappa shape index (κ2) is 7.39. The molecule has 3 rings (SSSR count). The molecule has 0 spiro atoms. The summed E-state index contributed by atoms with van der Waals surface area (Å²) in [6.45, 7) is 6.05. The molecule has 0 amide bonds. The normalized spacial score (nSPS) is 17.4. The van der Waals surface area contributed by atoms with E-state index in [0.717, 1.165) is 17.5 Å². The number of carbonyl (C=O) groups is 1. The average Bonchev–Trinajstić information content (AvgIpc) is 2.61. The summed E-state index contributed by atoms with van der Waals surface area (Å²) in [5.41, 5.74) is 5.27. The summed E-state index contributed by atoms with van der Waals surface area (Å²) >= 11 is 0. The Morgan fingerprint density at radius 1 is 1.04 bits per heavy atom. The van der Waals surface area contributed by atoms with Crippen LogP contribution < -0.4 is 0 Å². The summed E-state index contributed by atoms with van der Waals surface area (Å²) in [6.07, 6.45) is 1.62. The molecule has 2 aromatic rings. The minimum absolute atomic E-state index is 0.0234. The number of hydrogen-bond donors (Lipinski definition) is 1. The van der Waals surface area contributed by atoms with Crippen LogP contribution in [0.15, 0.2) is 72.0 Å². The Morgan fingerprint density at radius 2 is 1.64 bits per heavy atom. The summed E-state index contributed by atoms with van der Waals surface area (Å²) in [6, 6.07) is 16.2. The van der Waals surface area contributed by atoms with Gasteiger partial charge in [0, 0.05) is 6.42 Å². The molecule has 25 heavy (non-hydrogen) atoms. The molecule has 0 aliphatic heterocycles. The number of benzene rings is 2. The first-order valence-corrected chi connectivity index (χ1v) is 8.55. The van der Waals surface area contributed by atoms with Crippen LogP contribution in [0, 0.1) is 0 Å². The smallest absolute Gasteiger partial charge is 0.341 e. The lowest BCUT2D eigenvalue weighted by molar-refractivity contribution is -0.138. The Hall–Kier alpha value is -2.81. The Balaban J connectivity index is 2.15. The van der Waals surface area contributed by atoms with Gasteiger partial charge in [-0.25, -0.2) is 4.79 Å². The Bertz CT molecular complexity index is 846. The largest absolute Gasteiger partial charge is 0.511 e. The molecule has 0 aromatic heterocycles. The third-order valence-electron chi connectivity index (χ3n) is 4.50. The van der Waals surface area contributed by atoms with Gasteiger partial charge in [-0.05, 0) is 47.6 Å². The van der Waals surface area contributed by atoms with Crippen molar-refractivity contribution in [3.05, 3.63) is 83.1 Å². The van der Waals surface area contributed by atoms with Gasteiger partial charge in [-0.3, -0.25) is 0 Å². The summed E-state index contributed by atoms with van der Waals surface area (Å²) in [5.74, 6) is -0.480. The number of carbonyl (C=O) groups excluding carboxylic acids is 1. The first-order chi connectivity index (χ1) is 12.1. The highest BCUT2D eigenvalue weighted by molar-refractivity contribution is 5.94. The maximum Gasteiger partial charge on any atom is 0.341 e. The van der Waals surface area contributed by atoms with Crippen molar-refractivity contribution in [1.29, 1.82) is 0 Å². The van der Waals surface area contributed by atoms with Gasteiger partial charge in [0.2, 0.25) is 0 Å². The second-order valence-electron chi connectivity index (χ2n) is 6.14. The van der Waals surface area contributed by atoms with Crippen molar-refractivity contribution in [2.75, 3.05) is 6.61 Å². The highest BCUT2D eigenvalue weighted by Crippen LogP contribution is 2.33. The second-order valence-corrected chi connectivity index (χ2v) is 6.14. The van der Waals surface area contributed by atoms with Gasteiger partial charge in [-0.1, -0.05) is 55.1 Å². The van der Waals surface area contributed by atoms with Crippen molar-refractivity contribution in [1.82, 2.24) is 0 Å². The van der Waals surface area contributed by atoms with Crippen LogP contribution in [-0.2, 0) is 22.4 Å². The molecule has 1 N–H and O–H groups in total. The van der Waals surface area contributed by atoms with Crippen LogP contribution in [0.4, 0.5) is 0 Å². The zero-order valence-electron chi connectivity index (χ0n) is 14.4. The number of ether oxygens (including phenoxy) is 1. The predicted molar refractivity (Wildman–Crippen MR) is 99.3 cm³/mol. The molecule has 0 radical (unpaired) electrons. The lowest BCUT2D eigenvalue weighted by Crippen LogP contribution is -2.14. The van der Waals surface area contributed by atoms with E-state index >= 15 is 0 Å². The summed E-state index contributed by atoms with van der Waals surface area (Å²) < 4.78 is 5.13. The number of fused-ring (bicyclic) bond motifs is 3. The number of aliphatic hydroxyl groups excluding tert-OH is 1. The SMILES string of the molecule is C=C1CCc2ccccc2-c2ccccc2C/C(O)=C\1C(=O)OCC. The van der Waals surface area contributed by atoms with Gasteiger partial charge in [0.15, 0.2) is 0 Å². The quantitative estimate of drug-likeness (QED) is 0.805. The molecule has 0 fully saturated rings. The van der Waals surface area contributed by atoms with Crippen molar-refractivity contribution < 1.29 is 14.6 Å². The number of hydrogen-bond acceptors (Lipinski definition) is 3. The van der Waals surface area contributed by atoms with Gasteiger partial charge in [0.05, 0.1) is 12.2 Å². The molecule has 0 bridgehead atoms. The lowest BCUT2D eigenvalue weighted by Gasteiger charge is -2.19. The number of esters is 1. The molecule has 0 saturated carbocycles. The number of allylic oxidation sites excluding steroid dienone is 1. The van der Waals surface area contributed by atoms with E-state index in [9.17, 15) is 9.90 Å². The monoisotopic (exact) mass is 334 g/mol. The molecule has 0 atom stereocenters. The summed E-state index contributed by atoms with van der Waals surface area (Å²) in [4.78, 5) is 12.3. The topological polar surface area (TPSA) is 46.5 Å². The fourth-order valence-corrected chi connectivity index (χ4v) is 3.29. The maximum absolute atomic E-state index is 12.3. The summed E-state index contributed by atoms with van der Waals surface area (Å²) in [7, 11) is 0. The zero-order valence-corrected chi connectivity index (χ0v) is 14.4. The Morgan fingerprint density at radius 3 is 2.32 bits per heavy atom. The van der Waals surface area contributed by atoms with Gasteiger partial charge in [-0.2, -0.15) is 0 Å². The first kappa shape index (κ1) is 17.0. The molecule has 1 aliphatic carbocycles. The third-order valence-corrected chi connectivity index (χ3v) is 4.50. The van der Waals surface area contributed by atoms with Crippen LogP contribution in [0.5, 0.6) is 0 Å². The van der Waals surface area contributed by atoms with Crippen molar-refractivity contribution >= 4 is 5.97 Å². The van der Waals surface area contributed by atoms with E-state index in [-0.39, 0.29) is 24.4 Å². The van der Waals surface area contributed by atoms with Crippen molar-refractivity contribution in [2.45, 2.75) is 26.2 Å². The molecular formula is C22H22O3. The fraction of sp³-hybridized carbons (Fsp3) is 0.227. The van der Waals surface area contributed by atoms with E-state index in [1.165, 1.54) is 11.1 Å². The van der Waals surface area contributed by atoms with E-state index in [2.05, 4.69) is 24.8 Å². The molecule has 0 saturated heterocycles. The van der Waals surface area contributed by atoms with Crippen LogP contribution in [0.1, 0.15) is 24.5 Å². The number of rotatable bonds is 2. The molecule has 1 aliphatic rings. The Kier molecular flexibility index (Phi) is 5.03. The van der Waals surface area contributed by atoms with Crippen LogP contribution in [0.3, 0.4) is 0 Å². The zero-order chi connectivity index (χ0) is 17.8.